The van der Waals surface area contributed by atoms with Crippen LogP contribution in [0.1, 0.15) is 22.8 Å². The van der Waals surface area contributed by atoms with E-state index in [1.165, 1.54) is 13.0 Å². The number of carbonyl (C=O) groups is 2. The molecule has 0 saturated carbocycles. The van der Waals surface area contributed by atoms with E-state index in [2.05, 4.69) is 5.32 Å². The second-order valence-corrected chi connectivity index (χ2v) is 5.71. The molecule has 134 valence electrons. The number of ketones is 1. The van der Waals surface area contributed by atoms with E-state index in [1.807, 2.05) is 0 Å². The van der Waals surface area contributed by atoms with Crippen LogP contribution in [0, 0.1) is 0 Å². The SMILES string of the molecule is COc1cc(C=CC(=O)Nc2cccc(C(C)=O)c2)cc2c1OCCO2. The monoisotopic (exact) mass is 353 g/mol. The molecule has 6 heteroatoms. The highest BCUT2D eigenvalue weighted by atomic mass is 16.6. The minimum absolute atomic E-state index is 0.0555. The van der Waals surface area contributed by atoms with Crippen LogP contribution in [-0.4, -0.2) is 32.0 Å². The van der Waals surface area contributed by atoms with Crippen LogP contribution >= 0.6 is 0 Å². The molecule has 0 saturated heterocycles. The summed E-state index contributed by atoms with van der Waals surface area (Å²) in [5.74, 6) is 1.35. The lowest BCUT2D eigenvalue weighted by Gasteiger charge is -2.20. The van der Waals surface area contributed by atoms with Gasteiger partial charge < -0.3 is 19.5 Å². The van der Waals surface area contributed by atoms with Gasteiger partial charge in [0.2, 0.25) is 11.7 Å². The van der Waals surface area contributed by atoms with Crippen molar-refractivity contribution in [1.29, 1.82) is 0 Å². The van der Waals surface area contributed by atoms with E-state index in [1.54, 1.807) is 49.6 Å². The molecule has 2 aromatic carbocycles. The molecule has 6 nitrogen and oxygen atoms in total. The summed E-state index contributed by atoms with van der Waals surface area (Å²) in [6, 6.07) is 10.4. The van der Waals surface area contributed by atoms with Gasteiger partial charge in [-0.3, -0.25) is 9.59 Å². The maximum atomic E-state index is 12.1. The van der Waals surface area contributed by atoms with Crippen molar-refractivity contribution in [3.8, 4) is 17.2 Å². The first kappa shape index (κ1) is 17.5. The Labute approximate surface area is 151 Å². The second-order valence-electron chi connectivity index (χ2n) is 5.71. The van der Waals surface area contributed by atoms with E-state index >= 15 is 0 Å². The van der Waals surface area contributed by atoms with Gasteiger partial charge in [0.25, 0.3) is 0 Å². The number of benzene rings is 2. The summed E-state index contributed by atoms with van der Waals surface area (Å²) in [5.41, 5.74) is 1.86. The molecule has 0 spiro atoms. The molecule has 0 unspecified atom stereocenters. The van der Waals surface area contributed by atoms with Crippen molar-refractivity contribution in [2.75, 3.05) is 25.6 Å². The maximum Gasteiger partial charge on any atom is 0.248 e. The Bertz CT molecular complexity index is 855. The van der Waals surface area contributed by atoms with E-state index in [0.29, 0.717) is 41.7 Å². The van der Waals surface area contributed by atoms with Crippen LogP contribution in [0.2, 0.25) is 0 Å². The number of carbonyl (C=O) groups excluding carboxylic acids is 2. The lowest BCUT2D eigenvalue weighted by molar-refractivity contribution is -0.111. The average molecular weight is 353 g/mol. The standard InChI is InChI=1S/C20H19NO5/c1-13(22)15-4-3-5-16(12-15)21-19(23)7-6-14-10-17(24-2)20-18(11-14)25-8-9-26-20/h3-7,10-12H,8-9H2,1-2H3,(H,21,23). The van der Waals surface area contributed by atoms with Crippen molar-refractivity contribution < 1.29 is 23.8 Å². The van der Waals surface area contributed by atoms with Gasteiger partial charge in [0.05, 0.1) is 7.11 Å². The summed E-state index contributed by atoms with van der Waals surface area (Å²) in [6.45, 7) is 2.42. The summed E-state index contributed by atoms with van der Waals surface area (Å²) in [5, 5.41) is 2.73. The highest BCUT2D eigenvalue weighted by molar-refractivity contribution is 6.03. The number of ether oxygens (including phenoxy) is 3. The summed E-state index contributed by atoms with van der Waals surface area (Å²) in [7, 11) is 1.55. The largest absolute Gasteiger partial charge is 0.493 e. The first-order chi connectivity index (χ1) is 12.6. The highest BCUT2D eigenvalue weighted by Gasteiger charge is 2.17. The highest BCUT2D eigenvalue weighted by Crippen LogP contribution is 2.40. The minimum Gasteiger partial charge on any atom is -0.493 e. The molecule has 1 amide bonds. The van der Waals surface area contributed by atoms with Crippen molar-refractivity contribution in [3.05, 3.63) is 53.6 Å². The number of rotatable bonds is 5. The van der Waals surface area contributed by atoms with E-state index < -0.39 is 0 Å². The molecule has 1 heterocycles. The van der Waals surface area contributed by atoms with Gasteiger partial charge in [-0.15, -0.1) is 0 Å². The van der Waals surface area contributed by atoms with Crippen LogP contribution in [0.4, 0.5) is 5.69 Å². The third-order valence-electron chi connectivity index (χ3n) is 3.81. The molecule has 1 N–H and O–H groups in total. The van der Waals surface area contributed by atoms with Crippen LogP contribution in [-0.2, 0) is 4.79 Å². The van der Waals surface area contributed by atoms with Crippen LogP contribution < -0.4 is 19.5 Å². The first-order valence-corrected chi connectivity index (χ1v) is 8.14. The zero-order valence-corrected chi connectivity index (χ0v) is 14.6. The summed E-state index contributed by atoms with van der Waals surface area (Å²) < 4.78 is 16.4. The Hall–Kier alpha value is -3.28. The molecule has 26 heavy (non-hydrogen) atoms. The Morgan fingerprint density at radius 2 is 1.96 bits per heavy atom. The Morgan fingerprint density at radius 3 is 2.73 bits per heavy atom. The van der Waals surface area contributed by atoms with E-state index in [0.717, 1.165) is 5.56 Å². The number of anilines is 1. The summed E-state index contributed by atoms with van der Waals surface area (Å²) in [4.78, 5) is 23.6. The molecule has 0 radical (unpaired) electrons. The number of nitrogens with one attached hydrogen (secondary N) is 1. The van der Waals surface area contributed by atoms with Crippen LogP contribution in [0.3, 0.4) is 0 Å². The third kappa shape index (κ3) is 4.03. The zero-order chi connectivity index (χ0) is 18.5. The lowest BCUT2D eigenvalue weighted by atomic mass is 10.1. The first-order valence-electron chi connectivity index (χ1n) is 8.14. The van der Waals surface area contributed by atoms with Crippen LogP contribution in [0.15, 0.2) is 42.5 Å². The normalized spacial score (nSPS) is 12.7. The molecule has 1 aliphatic rings. The third-order valence-corrected chi connectivity index (χ3v) is 3.81. The van der Waals surface area contributed by atoms with E-state index in [9.17, 15) is 9.59 Å². The number of amides is 1. The van der Waals surface area contributed by atoms with Gasteiger partial charge in [-0.25, -0.2) is 0 Å². The quantitative estimate of drug-likeness (QED) is 0.659. The van der Waals surface area contributed by atoms with Gasteiger partial charge in [0.1, 0.15) is 13.2 Å². The van der Waals surface area contributed by atoms with Crippen molar-refractivity contribution in [1.82, 2.24) is 0 Å². The topological polar surface area (TPSA) is 73.9 Å². The summed E-state index contributed by atoms with van der Waals surface area (Å²) in [6.07, 6.45) is 3.07. The number of methoxy groups -OCH3 is 1. The van der Waals surface area contributed by atoms with E-state index in [4.69, 9.17) is 14.2 Å². The predicted octanol–water partition coefficient (Wildman–Crippen LogP) is 3.32. The molecule has 2 aromatic rings. The predicted molar refractivity (Wildman–Crippen MR) is 98.1 cm³/mol. The molecular weight excluding hydrogens is 334 g/mol. The van der Waals surface area contributed by atoms with Gasteiger partial charge >= 0.3 is 0 Å². The fourth-order valence-corrected chi connectivity index (χ4v) is 2.56. The molecule has 1 aliphatic heterocycles. The van der Waals surface area contributed by atoms with Gasteiger partial charge in [-0.2, -0.15) is 0 Å². The zero-order valence-electron chi connectivity index (χ0n) is 14.6. The molecule has 0 aromatic heterocycles. The van der Waals surface area contributed by atoms with Crippen molar-refractivity contribution in [3.63, 3.8) is 0 Å². The Balaban J connectivity index is 1.74. The smallest absolute Gasteiger partial charge is 0.248 e. The average Bonchev–Trinajstić information content (AvgIpc) is 2.65. The number of hydrogen-bond donors (Lipinski definition) is 1. The van der Waals surface area contributed by atoms with Crippen molar-refractivity contribution in [2.24, 2.45) is 0 Å². The number of Topliss-reactive ketones (excluding diaryl/α,β-unsaturated/α-hetero) is 1. The maximum absolute atomic E-state index is 12.1. The van der Waals surface area contributed by atoms with Crippen molar-refractivity contribution in [2.45, 2.75) is 6.92 Å². The number of fused-ring (bicyclic) bond motifs is 1. The van der Waals surface area contributed by atoms with Crippen LogP contribution in [0.25, 0.3) is 6.08 Å². The summed E-state index contributed by atoms with van der Waals surface area (Å²) >= 11 is 0. The molecule has 0 bridgehead atoms. The van der Waals surface area contributed by atoms with Gasteiger partial charge in [-0.1, -0.05) is 12.1 Å². The number of hydrogen-bond acceptors (Lipinski definition) is 5. The van der Waals surface area contributed by atoms with Crippen molar-refractivity contribution >= 4 is 23.5 Å². The molecule has 0 atom stereocenters. The molecule has 0 aliphatic carbocycles. The van der Waals surface area contributed by atoms with Gasteiger partial charge in [-0.05, 0) is 42.8 Å². The fraction of sp³-hybridized carbons (Fsp3) is 0.200. The van der Waals surface area contributed by atoms with Gasteiger partial charge in [0, 0.05) is 17.3 Å². The second kappa shape index (κ2) is 7.74. The molecular formula is C20H19NO5. The molecule has 0 fully saturated rings. The van der Waals surface area contributed by atoms with Gasteiger partial charge in [0.15, 0.2) is 17.3 Å². The van der Waals surface area contributed by atoms with Crippen LogP contribution in [0.5, 0.6) is 17.2 Å². The minimum atomic E-state index is -0.306. The lowest BCUT2D eigenvalue weighted by Crippen LogP contribution is -2.16. The molecule has 3 rings (SSSR count). The Morgan fingerprint density at radius 1 is 1.15 bits per heavy atom. The Kier molecular flexibility index (Phi) is 5.22. The fourth-order valence-electron chi connectivity index (χ4n) is 2.56. The van der Waals surface area contributed by atoms with E-state index in [-0.39, 0.29) is 11.7 Å².